The van der Waals surface area contributed by atoms with Gasteiger partial charge in [-0.15, -0.1) is 0 Å². The molecule has 65 heavy (non-hydrogen) atoms. The summed E-state index contributed by atoms with van der Waals surface area (Å²) in [6.45, 7) is 7.92. The molecule has 5 atom stereocenters. The Morgan fingerprint density at radius 1 is 0.738 bits per heavy atom. The van der Waals surface area contributed by atoms with Gasteiger partial charge in [-0.05, 0) is 110 Å². The van der Waals surface area contributed by atoms with E-state index in [4.69, 9.17) is 32.5 Å². The SMILES string of the molecule is COC(=O)NC(C(=O)N1CCCC1C(=O)Nc1ccc(CCCC(Nc2ccc(Cl)c(F)c2)c2ccc(NC(=O)C3CCCN3C(=O)C(NC(=O)OC)C(C)C)c(N)c2)cc1N)C(C)C. The number of alkyl carbamates (subject to hydrolysis) is 2. The van der Waals surface area contributed by atoms with Crippen LogP contribution in [0.5, 0.6) is 0 Å². The zero-order valence-corrected chi connectivity index (χ0v) is 38.4. The number of aryl methyl sites for hydroxylation is 1. The van der Waals surface area contributed by atoms with Crippen LogP contribution in [0.15, 0.2) is 54.6 Å². The lowest BCUT2D eigenvalue weighted by Gasteiger charge is -2.30. The molecule has 17 nitrogen and oxygen atoms in total. The molecule has 19 heteroatoms. The summed E-state index contributed by atoms with van der Waals surface area (Å²) in [6, 6.07) is 11.4. The molecule has 2 heterocycles. The molecule has 9 N–H and O–H groups in total. The van der Waals surface area contributed by atoms with Crippen LogP contribution in [0, 0.1) is 17.7 Å². The Morgan fingerprint density at radius 3 is 1.71 bits per heavy atom. The van der Waals surface area contributed by atoms with Crippen molar-refractivity contribution < 1.29 is 42.6 Å². The van der Waals surface area contributed by atoms with E-state index in [1.54, 1.807) is 58.0 Å². The van der Waals surface area contributed by atoms with E-state index in [9.17, 15) is 33.2 Å². The molecule has 5 rings (SSSR count). The van der Waals surface area contributed by atoms with E-state index in [0.29, 0.717) is 80.8 Å². The first-order valence-electron chi connectivity index (χ1n) is 21.8. The second-order valence-electron chi connectivity index (χ2n) is 17.1. The highest BCUT2D eigenvalue weighted by molar-refractivity contribution is 6.30. The predicted molar refractivity (Wildman–Crippen MR) is 247 cm³/mol. The van der Waals surface area contributed by atoms with Gasteiger partial charge in [0.2, 0.25) is 23.6 Å². The highest BCUT2D eigenvalue weighted by Gasteiger charge is 2.40. The standard InChI is InChI=1S/C46H61ClFN9O8/c1-25(2)39(54-45(62)64-5)43(60)56-20-8-12-37(56)41(58)52-35-18-14-27(22-32(35)49)10-7-11-34(51-29-16-17-30(47)31(48)24-29)28-15-19-36(33(50)23-28)53-42(59)38-13-9-21-57(38)44(61)40(26(3)4)55-46(63)65-6/h14-19,22-26,34,37-40,51H,7-13,20-21,49-50H2,1-6H3,(H,52,58)(H,53,59)(H,54,62)(H,55,63). The minimum absolute atomic E-state index is 0.0163. The van der Waals surface area contributed by atoms with E-state index >= 15 is 0 Å². The zero-order valence-electron chi connectivity index (χ0n) is 37.7. The summed E-state index contributed by atoms with van der Waals surface area (Å²) in [6.07, 6.45) is 2.44. The first-order chi connectivity index (χ1) is 30.9. The number of nitrogens with one attached hydrogen (secondary N) is 5. The maximum absolute atomic E-state index is 14.6. The highest BCUT2D eigenvalue weighted by Crippen LogP contribution is 2.32. The third kappa shape index (κ3) is 12.7. The first-order valence-corrected chi connectivity index (χ1v) is 22.2. The topological polar surface area (TPSA) is 240 Å². The van der Waals surface area contributed by atoms with E-state index in [2.05, 4.69) is 26.6 Å². The van der Waals surface area contributed by atoms with Crippen LogP contribution in [0.2, 0.25) is 5.02 Å². The van der Waals surface area contributed by atoms with Gasteiger partial charge in [-0.1, -0.05) is 51.4 Å². The number of methoxy groups -OCH3 is 2. The molecule has 2 fully saturated rings. The van der Waals surface area contributed by atoms with Gasteiger partial charge in [0.15, 0.2) is 0 Å². The zero-order chi connectivity index (χ0) is 47.5. The van der Waals surface area contributed by atoms with E-state index in [1.807, 2.05) is 12.1 Å². The second kappa shape index (κ2) is 22.5. The largest absolute Gasteiger partial charge is 0.453 e. The molecule has 0 aromatic heterocycles. The number of nitrogens with two attached hydrogens (primary N) is 2. The summed E-state index contributed by atoms with van der Waals surface area (Å²) in [4.78, 5) is 81.0. The maximum Gasteiger partial charge on any atom is 0.407 e. The monoisotopic (exact) mass is 921 g/mol. The van der Waals surface area contributed by atoms with Gasteiger partial charge in [0, 0.05) is 18.8 Å². The first kappa shape index (κ1) is 49.7. The number of amides is 6. The van der Waals surface area contributed by atoms with Crippen molar-refractivity contribution in [2.45, 2.75) is 103 Å². The summed E-state index contributed by atoms with van der Waals surface area (Å²) in [5.74, 6) is -2.61. The van der Waals surface area contributed by atoms with Crippen LogP contribution in [0.4, 0.5) is 42.4 Å². The number of carbonyl (C=O) groups is 6. The van der Waals surface area contributed by atoms with E-state index in [0.717, 1.165) is 11.1 Å². The van der Waals surface area contributed by atoms with Crippen molar-refractivity contribution in [2.75, 3.05) is 54.7 Å². The molecular weight excluding hydrogens is 861 g/mol. The Hall–Kier alpha value is -6.30. The minimum atomic E-state index is -0.875. The van der Waals surface area contributed by atoms with Crippen LogP contribution >= 0.6 is 11.6 Å². The lowest BCUT2D eigenvalue weighted by Crippen LogP contribution is -2.54. The normalized spacial score (nSPS) is 17.3. The number of ether oxygens (including phenoxy) is 2. The fourth-order valence-corrected chi connectivity index (χ4v) is 8.32. The minimum Gasteiger partial charge on any atom is -0.453 e. The Bertz CT molecular complexity index is 2230. The summed E-state index contributed by atoms with van der Waals surface area (Å²) in [7, 11) is 2.44. The van der Waals surface area contributed by atoms with Gasteiger partial charge in [0.1, 0.15) is 30.0 Å². The van der Waals surface area contributed by atoms with Crippen molar-refractivity contribution in [2.24, 2.45) is 11.8 Å². The average molecular weight is 922 g/mol. The van der Waals surface area contributed by atoms with Gasteiger partial charge >= 0.3 is 12.2 Å². The van der Waals surface area contributed by atoms with Gasteiger partial charge in [0.05, 0.1) is 48.0 Å². The number of hydrogen-bond donors (Lipinski definition) is 7. The molecule has 352 valence electrons. The number of rotatable bonds is 17. The number of hydrogen-bond acceptors (Lipinski definition) is 11. The Balaban J connectivity index is 1.25. The van der Waals surface area contributed by atoms with E-state index < -0.39 is 48.1 Å². The number of nitrogens with zero attached hydrogens (tertiary/aromatic N) is 2. The molecule has 0 aliphatic carbocycles. The molecule has 2 aliphatic rings. The van der Waals surface area contributed by atoms with Gasteiger partial charge in [-0.3, -0.25) is 19.2 Å². The molecular formula is C46H61ClFN9O8. The average Bonchev–Trinajstić information content (AvgIpc) is 3.98. The fourth-order valence-electron chi connectivity index (χ4n) is 8.21. The van der Waals surface area contributed by atoms with Crippen LogP contribution in [-0.4, -0.2) is 97.1 Å². The van der Waals surface area contributed by atoms with Crippen LogP contribution < -0.4 is 38.1 Å². The summed E-state index contributed by atoms with van der Waals surface area (Å²) in [5.41, 5.74) is 16.5. The smallest absolute Gasteiger partial charge is 0.407 e. The molecule has 5 unspecified atom stereocenters. The number of benzene rings is 3. The van der Waals surface area contributed by atoms with Crippen molar-refractivity contribution in [1.29, 1.82) is 0 Å². The van der Waals surface area contributed by atoms with Gasteiger partial charge in [-0.25, -0.2) is 14.0 Å². The van der Waals surface area contributed by atoms with Crippen molar-refractivity contribution >= 4 is 75.9 Å². The molecule has 2 saturated heterocycles. The third-order valence-corrected chi connectivity index (χ3v) is 12.1. The lowest BCUT2D eigenvalue weighted by atomic mass is 9.97. The summed E-state index contributed by atoms with van der Waals surface area (Å²) in [5, 5.41) is 14.3. The predicted octanol–water partition coefficient (Wildman–Crippen LogP) is 6.44. The summed E-state index contributed by atoms with van der Waals surface area (Å²) >= 11 is 5.98. The lowest BCUT2D eigenvalue weighted by molar-refractivity contribution is -0.139. The Kier molecular flexibility index (Phi) is 17.2. The molecule has 0 saturated carbocycles. The second-order valence-corrected chi connectivity index (χ2v) is 17.5. The van der Waals surface area contributed by atoms with Crippen molar-refractivity contribution in [3.63, 3.8) is 0 Å². The quantitative estimate of drug-likeness (QED) is 0.0727. The van der Waals surface area contributed by atoms with E-state index in [1.165, 1.54) is 36.2 Å². The molecule has 2 aliphatic heterocycles. The molecule has 6 amide bonds. The molecule has 0 radical (unpaired) electrons. The van der Waals surface area contributed by atoms with Crippen LogP contribution in [0.1, 0.15) is 83.4 Å². The number of likely N-dealkylation sites (tertiary alicyclic amines) is 2. The number of anilines is 5. The van der Waals surface area contributed by atoms with Crippen LogP contribution in [0.3, 0.4) is 0 Å². The highest BCUT2D eigenvalue weighted by atomic mass is 35.5. The van der Waals surface area contributed by atoms with E-state index in [-0.39, 0.29) is 46.3 Å². The van der Waals surface area contributed by atoms with Crippen LogP contribution in [-0.2, 0) is 35.1 Å². The molecule has 3 aromatic rings. The van der Waals surface area contributed by atoms with Crippen molar-refractivity contribution in [3.8, 4) is 0 Å². The maximum atomic E-state index is 14.6. The molecule has 3 aromatic carbocycles. The van der Waals surface area contributed by atoms with Crippen molar-refractivity contribution in [1.82, 2.24) is 20.4 Å². The fraction of sp³-hybridized carbons (Fsp3) is 0.478. The van der Waals surface area contributed by atoms with Crippen LogP contribution in [0.25, 0.3) is 0 Å². The molecule has 0 spiro atoms. The van der Waals surface area contributed by atoms with Gasteiger partial charge in [0.25, 0.3) is 0 Å². The number of carbonyl (C=O) groups excluding carboxylic acids is 6. The Morgan fingerprint density at radius 2 is 1.25 bits per heavy atom. The van der Waals surface area contributed by atoms with Crippen molar-refractivity contribution in [3.05, 3.63) is 76.6 Å². The summed E-state index contributed by atoms with van der Waals surface area (Å²) < 4.78 is 24.0. The third-order valence-electron chi connectivity index (χ3n) is 11.8. The number of nitrogen functional groups attached to an aromatic ring is 2. The Labute approximate surface area is 383 Å². The van der Waals surface area contributed by atoms with Gasteiger partial charge < -0.3 is 57.3 Å². The van der Waals surface area contributed by atoms with Gasteiger partial charge in [-0.2, -0.15) is 0 Å². The number of halogens is 2. The molecule has 0 bridgehead atoms.